The second-order valence-electron chi connectivity index (χ2n) is 7.03. The first-order chi connectivity index (χ1) is 12.7. The third kappa shape index (κ3) is 3.85. The molecule has 2 heterocycles. The number of halogens is 1. The van der Waals surface area contributed by atoms with Crippen molar-refractivity contribution in [3.05, 3.63) is 41.0 Å². The molecule has 0 bridgehead atoms. The van der Waals surface area contributed by atoms with Gasteiger partial charge in [-0.25, -0.2) is 0 Å². The molecule has 1 amide bonds. The van der Waals surface area contributed by atoms with E-state index in [9.17, 15) is 4.79 Å². The van der Waals surface area contributed by atoms with Crippen molar-refractivity contribution >= 4 is 17.5 Å². The molecule has 7 heteroatoms. The Morgan fingerprint density at radius 2 is 1.96 bits per heavy atom. The zero-order valence-corrected chi connectivity index (χ0v) is 15.3. The molecule has 1 aliphatic carbocycles. The molecule has 0 unspecified atom stereocenters. The van der Waals surface area contributed by atoms with Gasteiger partial charge in [0, 0.05) is 29.9 Å². The number of nitrogens with zero attached hydrogens (tertiary/aromatic N) is 3. The van der Waals surface area contributed by atoms with Gasteiger partial charge in [-0.05, 0) is 37.1 Å². The van der Waals surface area contributed by atoms with E-state index in [0.717, 1.165) is 12.8 Å². The summed E-state index contributed by atoms with van der Waals surface area (Å²) in [6, 6.07) is 7.50. The molecular formula is C19H22ClN3O3. The van der Waals surface area contributed by atoms with Crippen molar-refractivity contribution in [3.8, 4) is 5.75 Å². The Hall–Kier alpha value is -2.08. The third-order valence-electron chi connectivity index (χ3n) is 5.20. The van der Waals surface area contributed by atoms with Crippen molar-refractivity contribution in [2.75, 3.05) is 6.54 Å². The maximum atomic E-state index is 12.4. The van der Waals surface area contributed by atoms with E-state index in [1.165, 1.54) is 19.3 Å². The summed E-state index contributed by atoms with van der Waals surface area (Å²) >= 11 is 5.86. The van der Waals surface area contributed by atoms with Gasteiger partial charge in [-0.1, -0.05) is 36.0 Å². The highest BCUT2D eigenvalue weighted by Crippen LogP contribution is 2.32. The molecule has 1 aliphatic heterocycles. The fraction of sp³-hybridized carbons (Fsp3) is 0.526. The van der Waals surface area contributed by atoms with Gasteiger partial charge < -0.3 is 14.2 Å². The Labute approximate surface area is 157 Å². The quantitative estimate of drug-likeness (QED) is 0.791. The zero-order valence-electron chi connectivity index (χ0n) is 14.6. The van der Waals surface area contributed by atoms with E-state index in [0.29, 0.717) is 41.5 Å². The van der Waals surface area contributed by atoms with Gasteiger partial charge >= 0.3 is 0 Å². The topological polar surface area (TPSA) is 68.5 Å². The van der Waals surface area contributed by atoms with Gasteiger partial charge in [-0.2, -0.15) is 4.98 Å². The van der Waals surface area contributed by atoms with E-state index in [2.05, 4.69) is 10.1 Å². The summed E-state index contributed by atoms with van der Waals surface area (Å²) in [6.45, 7) is 0.891. The van der Waals surface area contributed by atoms with Crippen molar-refractivity contribution in [2.24, 2.45) is 0 Å². The lowest BCUT2D eigenvalue weighted by atomic mass is 9.94. The van der Waals surface area contributed by atoms with Crippen LogP contribution < -0.4 is 4.74 Å². The Balaban J connectivity index is 1.35. The number of hydrogen-bond acceptors (Lipinski definition) is 5. The van der Waals surface area contributed by atoms with Crippen LogP contribution in [0, 0.1) is 0 Å². The van der Waals surface area contributed by atoms with Gasteiger partial charge in [0.2, 0.25) is 5.91 Å². The minimum absolute atomic E-state index is 0.0115. The minimum Gasteiger partial charge on any atom is -0.484 e. The van der Waals surface area contributed by atoms with Gasteiger partial charge in [-0.15, -0.1) is 0 Å². The first-order valence-corrected chi connectivity index (χ1v) is 9.57. The van der Waals surface area contributed by atoms with Gasteiger partial charge in [0.25, 0.3) is 5.89 Å². The molecule has 2 aliphatic rings. The van der Waals surface area contributed by atoms with Crippen molar-refractivity contribution in [2.45, 2.75) is 57.1 Å². The second-order valence-corrected chi connectivity index (χ2v) is 7.46. The molecule has 1 aromatic carbocycles. The maximum Gasteiger partial charge on any atom is 0.264 e. The summed E-state index contributed by atoms with van der Waals surface area (Å²) in [7, 11) is 0. The maximum absolute atomic E-state index is 12.4. The molecule has 1 saturated carbocycles. The number of ether oxygens (including phenoxy) is 1. The van der Waals surface area contributed by atoms with Gasteiger partial charge in [0.05, 0.1) is 0 Å². The van der Waals surface area contributed by atoms with Crippen LogP contribution in [0.4, 0.5) is 0 Å². The van der Waals surface area contributed by atoms with Crippen molar-refractivity contribution in [3.63, 3.8) is 0 Å². The molecule has 26 heavy (non-hydrogen) atoms. The van der Waals surface area contributed by atoms with Gasteiger partial charge in [0.1, 0.15) is 5.75 Å². The Bertz CT molecular complexity index is 756. The van der Waals surface area contributed by atoms with Crippen LogP contribution in [0.15, 0.2) is 28.8 Å². The molecule has 138 valence electrons. The number of carbonyl (C=O) groups excluding carboxylic acids is 1. The fourth-order valence-corrected chi connectivity index (χ4v) is 3.94. The molecule has 1 aromatic heterocycles. The van der Waals surface area contributed by atoms with Crippen LogP contribution in [-0.4, -0.2) is 33.5 Å². The standard InChI is InChI=1S/C19H22ClN3O3/c20-14-6-8-16(9-7-14)25-12-17-21-19(22-26-17)13-10-18(24)23(11-13)15-4-2-1-3-5-15/h6-9,13,15H,1-5,10-12H2/t13-/m0/s1. The molecule has 0 radical (unpaired) electrons. The molecule has 1 atom stereocenters. The van der Waals surface area contributed by atoms with Crippen LogP contribution in [0.2, 0.25) is 5.02 Å². The number of benzene rings is 1. The van der Waals surface area contributed by atoms with Crippen molar-refractivity contribution in [1.82, 2.24) is 15.0 Å². The predicted molar refractivity (Wildman–Crippen MR) is 96.0 cm³/mol. The molecule has 0 N–H and O–H groups in total. The van der Waals surface area contributed by atoms with E-state index in [-0.39, 0.29) is 18.4 Å². The smallest absolute Gasteiger partial charge is 0.264 e. The SMILES string of the molecule is O=C1C[C@H](c2noc(COc3ccc(Cl)cc3)n2)CN1C1CCCCC1. The van der Waals surface area contributed by atoms with E-state index < -0.39 is 0 Å². The number of aromatic nitrogens is 2. The normalized spacial score (nSPS) is 21.3. The lowest BCUT2D eigenvalue weighted by Crippen LogP contribution is -2.37. The van der Waals surface area contributed by atoms with Crippen LogP contribution in [0.5, 0.6) is 5.75 Å². The number of rotatable bonds is 5. The highest BCUT2D eigenvalue weighted by Gasteiger charge is 2.37. The predicted octanol–water partition coefficient (Wildman–Crippen LogP) is 3.95. The minimum atomic E-state index is 0.0115. The van der Waals surface area contributed by atoms with Crippen molar-refractivity contribution < 1.29 is 14.1 Å². The van der Waals surface area contributed by atoms with Crippen LogP contribution in [-0.2, 0) is 11.4 Å². The van der Waals surface area contributed by atoms with Crippen LogP contribution in [0.1, 0.15) is 56.2 Å². The molecule has 4 rings (SSSR count). The number of amides is 1. The molecule has 0 spiro atoms. The summed E-state index contributed by atoms with van der Waals surface area (Å²) in [5.74, 6) is 1.93. The first-order valence-electron chi connectivity index (χ1n) is 9.19. The van der Waals surface area contributed by atoms with Crippen LogP contribution in [0.25, 0.3) is 0 Å². The lowest BCUT2D eigenvalue weighted by molar-refractivity contribution is -0.130. The monoisotopic (exact) mass is 375 g/mol. The summed E-state index contributed by atoms with van der Waals surface area (Å²) < 4.78 is 10.9. The van der Waals surface area contributed by atoms with E-state index in [4.69, 9.17) is 20.9 Å². The fourth-order valence-electron chi connectivity index (χ4n) is 3.82. The van der Waals surface area contributed by atoms with Gasteiger partial charge in [0.15, 0.2) is 12.4 Å². The summed E-state index contributed by atoms with van der Waals surface area (Å²) in [5, 5.41) is 4.73. The lowest BCUT2D eigenvalue weighted by Gasteiger charge is -2.31. The molecule has 2 fully saturated rings. The molecule has 1 saturated heterocycles. The summed E-state index contributed by atoms with van der Waals surface area (Å²) in [5.41, 5.74) is 0. The van der Waals surface area contributed by atoms with Crippen LogP contribution in [0.3, 0.4) is 0 Å². The average molecular weight is 376 g/mol. The molecular weight excluding hydrogens is 354 g/mol. The van der Waals surface area contributed by atoms with E-state index in [1.54, 1.807) is 24.3 Å². The second kappa shape index (κ2) is 7.66. The Morgan fingerprint density at radius 1 is 1.19 bits per heavy atom. The Kier molecular flexibility index (Phi) is 5.11. The van der Waals surface area contributed by atoms with Gasteiger partial charge in [-0.3, -0.25) is 4.79 Å². The number of carbonyl (C=O) groups is 1. The number of likely N-dealkylation sites (tertiary alicyclic amines) is 1. The van der Waals surface area contributed by atoms with E-state index >= 15 is 0 Å². The first kappa shape index (κ1) is 17.3. The third-order valence-corrected chi connectivity index (χ3v) is 5.45. The molecule has 6 nitrogen and oxygen atoms in total. The highest BCUT2D eigenvalue weighted by atomic mass is 35.5. The summed E-state index contributed by atoms with van der Waals surface area (Å²) in [6.07, 6.45) is 6.41. The van der Waals surface area contributed by atoms with Crippen LogP contribution >= 0.6 is 11.6 Å². The summed E-state index contributed by atoms with van der Waals surface area (Å²) in [4.78, 5) is 18.9. The average Bonchev–Trinajstić information content (AvgIpc) is 3.28. The number of hydrogen-bond donors (Lipinski definition) is 0. The Morgan fingerprint density at radius 3 is 2.73 bits per heavy atom. The zero-order chi connectivity index (χ0) is 17.9. The van der Waals surface area contributed by atoms with E-state index in [1.807, 2.05) is 4.90 Å². The van der Waals surface area contributed by atoms with Crippen molar-refractivity contribution in [1.29, 1.82) is 0 Å². The molecule has 2 aromatic rings. The largest absolute Gasteiger partial charge is 0.484 e. The highest BCUT2D eigenvalue weighted by molar-refractivity contribution is 6.30.